The monoisotopic (exact) mass is 601 g/mol. The molecule has 2 aromatic heterocycles. The standard InChI is InChI=1S/C41H29F2N3/c1-23-8-12-27-28-13-9-24(2)19-37(28)45(36(27)18-23)35-17-16-31(40-33(42)6-5-7-34(40)43)41(32(35)22-44)46-38-20-25(3)10-14-29(38)30-15-11-26(4)21-39(30)46/h5-21H,1-4H3. The van der Waals surface area contributed by atoms with Crippen LogP contribution in [0.1, 0.15) is 27.8 Å². The van der Waals surface area contributed by atoms with Crippen molar-refractivity contribution in [3.63, 3.8) is 0 Å². The van der Waals surface area contributed by atoms with Crippen molar-refractivity contribution in [2.45, 2.75) is 27.7 Å². The number of hydrogen-bond acceptors (Lipinski definition) is 1. The summed E-state index contributed by atoms with van der Waals surface area (Å²) in [5.74, 6) is -1.37. The Kier molecular flexibility index (Phi) is 6.13. The number of hydrogen-bond donors (Lipinski definition) is 0. The fourth-order valence-electron chi connectivity index (χ4n) is 7.04. The van der Waals surface area contributed by atoms with Crippen molar-refractivity contribution >= 4 is 43.6 Å². The van der Waals surface area contributed by atoms with Gasteiger partial charge in [0.15, 0.2) is 0 Å². The lowest BCUT2D eigenvalue weighted by atomic mass is 9.97. The van der Waals surface area contributed by atoms with E-state index >= 15 is 8.78 Å². The summed E-state index contributed by atoms with van der Waals surface area (Å²) in [6, 6.07) is 35.1. The third-order valence-electron chi connectivity index (χ3n) is 9.12. The second-order valence-electron chi connectivity index (χ2n) is 12.3. The predicted octanol–water partition coefficient (Wildman–Crippen LogP) is 10.9. The highest BCUT2D eigenvalue weighted by Gasteiger charge is 2.26. The molecule has 5 heteroatoms. The number of aromatic nitrogens is 2. The predicted molar refractivity (Wildman–Crippen MR) is 184 cm³/mol. The zero-order chi connectivity index (χ0) is 31.9. The number of nitrogens with zero attached hydrogens (tertiary/aromatic N) is 3. The molecule has 2 heterocycles. The van der Waals surface area contributed by atoms with Gasteiger partial charge in [0, 0.05) is 27.1 Å². The van der Waals surface area contributed by atoms with E-state index in [1.807, 2.05) is 24.5 Å². The molecule has 0 amide bonds. The lowest BCUT2D eigenvalue weighted by Gasteiger charge is -2.20. The number of halogens is 2. The highest BCUT2D eigenvalue weighted by atomic mass is 19.1. The zero-order valence-electron chi connectivity index (χ0n) is 25.9. The SMILES string of the molecule is Cc1ccc2c3ccc(C)cc3n(-c3ccc(-c4c(F)cccc4F)c(-n4c5cc(C)ccc5c5ccc(C)cc54)c3C#N)c2c1. The Morgan fingerprint density at radius 1 is 0.522 bits per heavy atom. The summed E-state index contributed by atoms with van der Waals surface area (Å²) in [7, 11) is 0. The average Bonchev–Trinajstić information content (AvgIpc) is 3.50. The quantitative estimate of drug-likeness (QED) is 0.198. The van der Waals surface area contributed by atoms with Gasteiger partial charge in [-0.3, -0.25) is 0 Å². The van der Waals surface area contributed by atoms with Crippen LogP contribution in [0.4, 0.5) is 8.78 Å². The van der Waals surface area contributed by atoms with E-state index in [9.17, 15) is 5.26 Å². The molecule has 0 N–H and O–H groups in total. The van der Waals surface area contributed by atoms with Gasteiger partial charge in [-0.25, -0.2) is 8.78 Å². The van der Waals surface area contributed by atoms with Gasteiger partial charge >= 0.3 is 0 Å². The molecule has 0 unspecified atom stereocenters. The van der Waals surface area contributed by atoms with Crippen LogP contribution in [-0.2, 0) is 0 Å². The molecule has 0 radical (unpaired) electrons. The Morgan fingerprint density at radius 2 is 0.935 bits per heavy atom. The van der Waals surface area contributed by atoms with Crippen molar-refractivity contribution in [1.82, 2.24) is 9.13 Å². The lowest BCUT2D eigenvalue weighted by molar-refractivity contribution is 0.589. The van der Waals surface area contributed by atoms with E-state index in [0.717, 1.165) is 65.9 Å². The molecule has 3 nitrogen and oxygen atoms in total. The molecule has 8 rings (SSSR count). The Morgan fingerprint density at radius 3 is 1.35 bits per heavy atom. The van der Waals surface area contributed by atoms with Gasteiger partial charge < -0.3 is 9.13 Å². The summed E-state index contributed by atoms with van der Waals surface area (Å²) >= 11 is 0. The summed E-state index contributed by atoms with van der Waals surface area (Å²) in [5, 5.41) is 15.3. The summed E-state index contributed by atoms with van der Waals surface area (Å²) in [6.07, 6.45) is 0. The minimum Gasteiger partial charge on any atom is -0.308 e. The maximum absolute atomic E-state index is 15.7. The number of nitriles is 1. The molecule has 0 aliphatic carbocycles. The van der Waals surface area contributed by atoms with Gasteiger partial charge in [0.05, 0.1) is 39.0 Å². The Bertz CT molecular complexity index is 2470. The van der Waals surface area contributed by atoms with Gasteiger partial charge in [0.25, 0.3) is 0 Å². The highest BCUT2D eigenvalue weighted by molar-refractivity contribution is 6.12. The first kappa shape index (κ1) is 27.8. The van der Waals surface area contributed by atoms with Crippen molar-refractivity contribution in [2.24, 2.45) is 0 Å². The van der Waals surface area contributed by atoms with Crippen LogP contribution in [0.2, 0.25) is 0 Å². The van der Waals surface area contributed by atoms with Crippen LogP contribution in [0.15, 0.2) is 103 Å². The van der Waals surface area contributed by atoms with Crippen molar-refractivity contribution in [3.05, 3.63) is 143 Å². The molecule has 0 aliphatic rings. The van der Waals surface area contributed by atoms with Crippen LogP contribution in [0.3, 0.4) is 0 Å². The maximum atomic E-state index is 15.7. The minimum absolute atomic E-state index is 0.162. The Balaban J connectivity index is 1.62. The maximum Gasteiger partial charge on any atom is 0.134 e. The third-order valence-corrected chi connectivity index (χ3v) is 9.12. The molecule has 0 spiro atoms. The average molecular weight is 602 g/mol. The molecular formula is C41H29F2N3. The molecule has 0 saturated carbocycles. The molecule has 8 aromatic rings. The topological polar surface area (TPSA) is 33.6 Å². The van der Waals surface area contributed by atoms with Gasteiger partial charge in [-0.2, -0.15) is 5.26 Å². The second kappa shape index (κ2) is 10.2. The molecule has 0 bridgehead atoms. The molecular weight excluding hydrogens is 572 g/mol. The lowest BCUT2D eigenvalue weighted by Crippen LogP contribution is -2.07. The van der Waals surface area contributed by atoms with E-state index < -0.39 is 11.6 Å². The number of benzene rings is 6. The summed E-state index contributed by atoms with van der Waals surface area (Å²) < 4.78 is 35.5. The van der Waals surface area contributed by atoms with Crippen molar-refractivity contribution < 1.29 is 8.78 Å². The van der Waals surface area contributed by atoms with Gasteiger partial charge in [0.1, 0.15) is 23.3 Å². The van der Waals surface area contributed by atoms with E-state index in [-0.39, 0.29) is 5.56 Å². The minimum atomic E-state index is -0.686. The smallest absolute Gasteiger partial charge is 0.134 e. The zero-order valence-corrected chi connectivity index (χ0v) is 25.9. The highest BCUT2D eigenvalue weighted by Crippen LogP contribution is 2.43. The van der Waals surface area contributed by atoms with Crippen LogP contribution in [-0.4, -0.2) is 9.13 Å². The summed E-state index contributed by atoms with van der Waals surface area (Å²) in [4.78, 5) is 0. The molecule has 0 fully saturated rings. The fraction of sp³-hybridized carbons (Fsp3) is 0.0976. The van der Waals surface area contributed by atoms with Crippen molar-refractivity contribution in [3.8, 4) is 28.6 Å². The molecule has 6 aromatic carbocycles. The van der Waals surface area contributed by atoms with Crippen LogP contribution in [0, 0.1) is 50.7 Å². The second-order valence-corrected chi connectivity index (χ2v) is 12.3. The van der Waals surface area contributed by atoms with Crippen LogP contribution < -0.4 is 0 Å². The van der Waals surface area contributed by atoms with Gasteiger partial charge in [0.2, 0.25) is 0 Å². The van der Waals surface area contributed by atoms with E-state index in [0.29, 0.717) is 22.5 Å². The summed E-state index contributed by atoms with van der Waals surface area (Å²) in [5.41, 5.74) is 9.45. The van der Waals surface area contributed by atoms with Crippen molar-refractivity contribution in [1.29, 1.82) is 5.26 Å². The Labute approximate surface area is 265 Å². The van der Waals surface area contributed by atoms with Gasteiger partial charge in [-0.05, 0) is 98.5 Å². The number of aryl methyl sites for hydroxylation is 4. The largest absolute Gasteiger partial charge is 0.308 e. The third kappa shape index (κ3) is 4.00. The first-order valence-corrected chi connectivity index (χ1v) is 15.3. The molecule has 0 atom stereocenters. The van der Waals surface area contributed by atoms with Crippen molar-refractivity contribution in [2.75, 3.05) is 0 Å². The van der Waals surface area contributed by atoms with E-state index in [4.69, 9.17) is 0 Å². The molecule has 46 heavy (non-hydrogen) atoms. The Hall–Kier alpha value is -5.73. The first-order chi connectivity index (χ1) is 22.2. The normalized spacial score (nSPS) is 11.7. The molecule has 0 saturated heterocycles. The number of fused-ring (bicyclic) bond motifs is 6. The number of rotatable bonds is 3. The van der Waals surface area contributed by atoms with Crippen LogP contribution >= 0.6 is 0 Å². The van der Waals surface area contributed by atoms with E-state index in [2.05, 4.69) is 97.3 Å². The summed E-state index contributed by atoms with van der Waals surface area (Å²) in [6.45, 7) is 8.15. The molecule has 222 valence electrons. The van der Waals surface area contributed by atoms with Crippen LogP contribution in [0.25, 0.3) is 66.1 Å². The van der Waals surface area contributed by atoms with E-state index in [1.54, 1.807) is 6.07 Å². The van der Waals surface area contributed by atoms with Gasteiger partial charge in [-0.1, -0.05) is 54.6 Å². The first-order valence-electron chi connectivity index (χ1n) is 15.3. The van der Waals surface area contributed by atoms with Gasteiger partial charge in [-0.15, -0.1) is 0 Å². The van der Waals surface area contributed by atoms with Crippen LogP contribution in [0.5, 0.6) is 0 Å². The fourth-order valence-corrected chi connectivity index (χ4v) is 7.04. The van der Waals surface area contributed by atoms with E-state index in [1.165, 1.54) is 18.2 Å². The molecule has 0 aliphatic heterocycles.